The van der Waals surface area contributed by atoms with Crippen molar-refractivity contribution >= 4 is 35.1 Å². The molecule has 37 heavy (non-hydrogen) atoms. The first-order valence-electron chi connectivity index (χ1n) is 11.9. The largest absolute Gasteiger partial charge is 0.444 e. The number of pyridine rings is 1. The number of likely N-dealkylation sites (tertiary alicyclic amines) is 1. The number of fused-ring (bicyclic) bond motifs is 1. The lowest BCUT2D eigenvalue weighted by Gasteiger charge is -2.37. The fourth-order valence-electron chi connectivity index (χ4n) is 4.24. The number of hydrogen-bond acceptors (Lipinski definition) is 8. The Kier molecular flexibility index (Phi) is 6.97. The maximum absolute atomic E-state index is 12.5. The highest BCUT2D eigenvalue weighted by Gasteiger charge is 2.37. The van der Waals surface area contributed by atoms with Gasteiger partial charge in [-0.15, -0.1) is 0 Å². The lowest BCUT2D eigenvalue weighted by Crippen LogP contribution is -2.46. The Hall–Kier alpha value is -3.91. The molecule has 0 atom stereocenters. The molecule has 0 radical (unpaired) electrons. The number of primary amides is 1. The van der Waals surface area contributed by atoms with Gasteiger partial charge in [0.2, 0.25) is 0 Å². The minimum atomic E-state index is -0.735. The minimum absolute atomic E-state index is 0.135. The number of nitrogens with two attached hydrogens (primary N) is 1. The maximum Gasteiger partial charge on any atom is 0.410 e. The van der Waals surface area contributed by atoms with Gasteiger partial charge in [-0.3, -0.25) is 9.20 Å². The molecule has 0 aliphatic carbocycles. The van der Waals surface area contributed by atoms with Crippen molar-refractivity contribution in [3.63, 3.8) is 0 Å². The van der Waals surface area contributed by atoms with Gasteiger partial charge in [0.15, 0.2) is 11.5 Å². The summed E-state index contributed by atoms with van der Waals surface area (Å²) in [7, 11) is 0. The van der Waals surface area contributed by atoms with Gasteiger partial charge < -0.3 is 20.7 Å². The third-order valence-electron chi connectivity index (χ3n) is 6.30. The number of aryl methyl sites for hydroxylation is 1. The number of aromatic nitrogens is 4. The molecule has 2 amide bonds. The summed E-state index contributed by atoms with van der Waals surface area (Å²) in [5.74, 6) is -0.256. The predicted octanol–water partition coefficient (Wildman–Crippen LogP) is 3.80. The summed E-state index contributed by atoms with van der Waals surface area (Å²) in [6.07, 6.45) is 3.87. The molecule has 1 aliphatic heterocycles. The first-order chi connectivity index (χ1) is 17.4. The highest BCUT2D eigenvalue weighted by Crippen LogP contribution is 2.33. The van der Waals surface area contributed by atoms with Gasteiger partial charge in [-0.1, -0.05) is 11.6 Å². The molecular weight excluding hydrogens is 496 g/mol. The Balaban J connectivity index is 1.62. The molecule has 0 unspecified atom stereocenters. The third-order valence-corrected chi connectivity index (χ3v) is 6.51. The number of carbonyl (C=O) groups is 2. The Morgan fingerprint density at radius 2 is 2.00 bits per heavy atom. The predicted molar refractivity (Wildman–Crippen MR) is 138 cm³/mol. The number of carbonyl (C=O) groups excluding carboxylic acids is 2. The standard InChI is InChI=1S/C25H29ClN8O3/c1-15-19(20(28)35)32-22-21(31-17(12-34(15)22)16-5-8-29-18(26)11-16)30-14-25(13-27)6-9-33(10-7-25)23(36)37-24(2,3)4/h5,8,11-12H,6-7,9-10,14H2,1-4H3,(H2,28,35)(H,30,31). The summed E-state index contributed by atoms with van der Waals surface area (Å²) in [4.78, 5) is 39.2. The van der Waals surface area contributed by atoms with Crippen molar-refractivity contribution < 1.29 is 14.3 Å². The van der Waals surface area contributed by atoms with Crippen molar-refractivity contribution in [2.75, 3.05) is 25.0 Å². The van der Waals surface area contributed by atoms with Gasteiger partial charge >= 0.3 is 6.09 Å². The summed E-state index contributed by atoms with van der Waals surface area (Å²) in [6, 6.07) is 5.89. The van der Waals surface area contributed by atoms with E-state index >= 15 is 0 Å². The van der Waals surface area contributed by atoms with Crippen molar-refractivity contribution in [1.82, 2.24) is 24.3 Å². The normalized spacial score (nSPS) is 15.3. The van der Waals surface area contributed by atoms with Crippen molar-refractivity contribution in [1.29, 1.82) is 5.26 Å². The third kappa shape index (κ3) is 5.59. The number of anilines is 1. The SMILES string of the molecule is Cc1c(C(N)=O)nc2c(NCC3(C#N)CCN(C(=O)OC(C)(C)C)CC3)nc(-c3ccnc(Cl)c3)cn12. The fourth-order valence-corrected chi connectivity index (χ4v) is 4.41. The van der Waals surface area contributed by atoms with Gasteiger partial charge in [0.25, 0.3) is 5.91 Å². The topological polar surface area (TPSA) is 152 Å². The average molecular weight is 525 g/mol. The highest BCUT2D eigenvalue weighted by atomic mass is 35.5. The molecule has 194 valence electrons. The molecule has 1 saturated heterocycles. The van der Waals surface area contributed by atoms with Crippen molar-refractivity contribution in [2.45, 2.75) is 46.1 Å². The summed E-state index contributed by atoms with van der Waals surface area (Å²) in [5, 5.41) is 13.7. The fraction of sp³-hybridized carbons (Fsp3) is 0.440. The Morgan fingerprint density at radius 1 is 1.30 bits per heavy atom. The maximum atomic E-state index is 12.5. The number of ether oxygens (including phenoxy) is 1. The number of halogens is 1. The molecule has 3 N–H and O–H groups in total. The van der Waals surface area contributed by atoms with Crippen LogP contribution in [0.4, 0.5) is 10.6 Å². The number of nitrogens with zero attached hydrogens (tertiary/aromatic N) is 6. The Bertz CT molecular complexity index is 1400. The average Bonchev–Trinajstić information content (AvgIpc) is 3.18. The molecule has 12 heteroatoms. The van der Waals surface area contributed by atoms with Gasteiger partial charge in [-0.2, -0.15) is 5.26 Å². The van der Waals surface area contributed by atoms with E-state index < -0.39 is 16.9 Å². The van der Waals surface area contributed by atoms with E-state index in [4.69, 9.17) is 27.1 Å². The lowest BCUT2D eigenvalue weighted by atomic mass is 9.80. The molecule has 4 rings (SSSR count). The summed E-state index contributed by atoms with van der Waals surface area (Å²) in [6.45, 7) is 8.28. The van der Waals surface area contributed by atoms with Gasteiger partial charge in [0.05, 0.1) is 22.9 Å². The van der Waals surface area contributed by atoms with Gasteiger partial charge in [0, 0.05) is 37.6 Å². The van der Waals surface area contributed by atoms with Crippen molar-refractivity contribution in [3.05, 3.63) is 41.1 Å². The molecule has 3 aromatic heterocycles. The first kappa shape index (κ1) is 26.2. The molecule has 0 spiro atoms. The summed E-state index contributed by atoms with van der Waals surface area (Å²) < 4.78 is 7.21. The number of piperidine rings is 1. The molecule has 0 saturated carbocycles. The van der Waals surface area contributed by atoms with Gasteiger partial charge in [-0.25, -0.2) is 19.7 Å². The quantitative estimate of drug-likeness (QED) is 0.478. The number of hydrogen-bond donors (Lipinski definition) is 2. The van der Waals surface area contributed by atoms with E-state index in [2.05, 4.69) is 21.4 Å². The zero-order valence-corrected chi connectivity index (χ0v) is 22.0. The van der Waals surface area contributed by atoms with Crippen LogP contribution in [0.3, 0.4) is 0 Å². The first-order valence-corrected chi connectivity index (χ1v) is 12.2. The highest BCUT2D eigenvalue weighted by molar-refractivity contribution is 6.29. The smallest absolute Gasteiger partial charge is 0.410 e. The number of imidazole rings is 1. The van der Waals surface area contributed by atoms with Crippen LogP contribution in [0.1, 0.15) is 49.8 Å². The van der Waals surface area contributed by atoms with Crippen molar-refractivity contribution in [3.8, 4) is 17.3 Å². The van der Waals surface area contributed by atoms with Crippen LogP contribution in [0, 0.1) is 23.7 Å². The van der Waals surface area contributed by atoms with Gasteiger partial charge in [0.1, 0.15) is 16.4 Å². The zero-order chi connectivity index (χ0) is 27.0. The second-order valence-electron chi connectivity index (χ2n) is 10.2. The second-order valence-corrected chi connectivity index (χ2v) is 10.5. The molecule has 0 aromatic carbocycles. The van der Waals surface area contributed by atoms with Crippen LogP contribution in [0.2, 0.25) is 5.15 Å². The van der Waals surface area contributed by atoms with E-state index in [1.54, 1.807) is 40.8 Å². The van der Waals surface area contributed by atoms with Crippen molar-refractivity contribution in [2.24, 2.45) is 11.1 Å². The molecular formula is C25H29ClN8O3. The van der Waals surface area contributed by atoms with Crippen LogP contribution in [0.25, 0.3) is 16.9 Å². The van der Waals surface area contributed by atoms with E-state index in [0.717, 1.165) is 5.56 Å². The number of rotatable bonds is 5. The minimum Gasteiger partial charge on any atom is -0.444 e. The second kappa shape index (κ2) is 9.86. The number of amides is 2. The van der Waals surface area contributed by atoms with Gasteiger partial charge in [-0.05, 0) is 52.7 Å². The molecule has 3 aromatic rings. The molecule has 0 bridgehead atoms. The van der Waals surface area contributed by atoms with E-state index in [9.17, 15) is 14.9 Å². The lowest BCUT2D eigenvalue weighted by molar-refractivity contribution is 0.0156. The van der Waals surface area contributed by atoms with Crippen LogP contribution in [-0.4, -0.2) is 61.5 Å². The zero-order valence-electron chi connectivity index (χ0n) is 21.2. The van der Waals surface area contributed by atoms with E-state index in [-0.39, 0.29) is 18.3 Å². The summed E-state index contributed by atoms with van der Waals surface area (Å²) in [5.41, 5.74) is 6.62. The van der Waals surface area contributed by atoms with E-state index in [0.29, 0.717) is 53.9 Å². The summed E-state index contributed by atoms with van der Waals surface area (Å²) >= 11 is 6.09. The monoisotopic (exact) mass is 524 g/mol. The Morgan fingerprint density at radius 3 is 2.59 bits per heavy atom. The van der Waals surface area contributed by atoms with Crippen LogP contribution in [0.15, 0.2) is 24.5 Å². The van der Waals surface area contributed by atoms with E-state index in [1.807, 2.05) is 20.8 Å². The number of nitrogens with one attached hydrogen (secondary N) is 1. The molecule has 1 fully saturated rings. The van der Waals surface area contributed by atoms with E-state index in [1.165, 1.54) is 0 Å². The molecule has 1 aliphatic rings. The Labute approximate surface area is 219 Å². The molecule has 11 nitrogen and oxygen atoms in total. The molecule has 4 heterocycles. The van der Waals surface area contributed by atoms with Crippen LogP contribution < -0.4 is 11.1 Å². The van der Waals surface area contributed by atoms with Crippen LogP contribution in [-0.2, 0) is 4.74 Å². The van der Waals surface area contributed by atoms with Crippen LogP contribution >= 0.6 is 11.6 Å². The van der Waals surface area contributed by atoms with Crippen LogP contribution in [0.5, 0.6) is 0 Å². The number of nitriles is 1.